The van der Waals surface area contributed by atoms with E-state index in [9.17, 15) is 0 Å². The molecule has 1 aliphatic heterocycles. The third-order valence-electron chi connectivity index (χ3n) is 3.89. The molecule has 2 atom stereocenters. The first kappa shape index (κ1) is 17.9. The molecular formula is C17H25Cl2NO2. The van der Waals surface area contributed by atoms with Crippen molar-refractivity contribution < 1.29 is 9.47 Å². The molecule has 2 rings (SSSR count). The van der Waals surface area contributed by atoms with Crippen molar-refractivity contribution in [3.05, 3.63) is 28.2 Å². The van der Waals surface area contributed by atoms with Crippen LogP contribution in [0.2, 0.25) is 10.0 Å². The van der Waals surface area contributed by atoms with Crippen molar-refractivity contribution in [2.24, 2.45) is 11.8 Å². The summed E-state index contributed by atoms with van der Waals surface area (Å²) < 4.78 is 11.2. The lowest BCUT2D eigenvalue weighted by Crippen LogP contribution is -2.40. The molecule has 0 N–H and O–H groups in total. The average Bonchev–Trinajstić information content (AvgIpc) is 2.44. The molecule has 1 heterocycles. The summed E-state index contributed by atoms with van der Waals surface area (Å²) in [7, 11) is 0. The van der Waals surface area contributed by atoms with Gasteiger partial charge in [-0.15, -0.1) is 0 Å². The van der Waals surface area contributed by atoms with Crippen LogP contribution in [0, 0.1) is 11.8 Å². The predicted octanol–water partition coefficient (Wildman–Crippen LogP) is 4.37. The summed E-state index contributed by atoms with van der Waals surface area (Å²) in [6, 6.07) is 5.33. The molecule has 3 nitrogen and oxygen atoms in total. The Hall–Kier alpha value is -0.480. The maximum Gasteiger partial charge on any atom is 0.156 e. The lowest BCUT2D eigenvalue weighted by Gasteiger charge is -2.34. The molecule has 0 radical (unpaired) electrons. The fourth-order valence-corrected chi connectivity index (χ4v) is 3.60. The zero-order valence-corrected chi connectivity index (χ0v) is 14.9. The molecule has 124 valence electrons. The van der Waals surface area contributed by atoms with E-state index >= 15 is 0 Å². The van der Waals surface area contributed by atoms with Gasteiger partial charge in [-0.3, -0.25) is 0 Å². The third kappa shape index (κ3) is 5.62. The lowest BCUT2D eigenvalue weighted by molar-refractivity contribution is 0.0596. The van der Waals surface area contributed by atoms with E-state index in [1.807, 2.05) is 0 Å². The summed E-state index contributed by atoms with van der Waals surface area (Å²) in [5.41, 5.74) is 0. The van der Waals surface area contributed by atoms with Gasteiger partial charge in [0.1, 0.15) is 6.61 Å². The van der Waals surface area contributed by atoms with Crippen molar-refractivity contribution >= 4 is 23.2 Å². The second kappa shape index (κ2) is 8.97. The first-order valence-corrected chi connectivity index (χ1v) is 8.68. The molecule has 22 heavy (non-hydrogen) atoms. The van der Waals surface area contributed by atoms with Crippen LogP contribution in [0.1, 0.15) is 20.3 Å². The lowest BCUT2D eigenvalue weighted by atomic mass is 9.92. The Bertz CT molecular complexity index is 440. The Balaban J connectivity index is 1.60. The minimum absolute atomic E-state index is 0.455. The minimum atomic E-state index is 0.455. The highest BCUT2D eigenvalue weighted by molar-refractivity contribution is 6.37. The molecule has 0 aliphatic carbocycles. The van der Waals surface area contributed by atoms with Crippen molar-refractivity contribution in [2.45, 2.75) is 20.3 Å². The predicted molar refractivity (Wildman–Crippen MR) is 92.2 cm³/mol. The third-order valence-corrected chi connectivity index (χ3v) is 4.48. The summed E-state index contributed by atoms with van der Waals surface area (Å²) in [4.78, 5) is 2.49. The van der Waals surface area contributed by atoms with Crippen LogP contribution >= 0.6 is 23.2 Å². The summed E-state index contributed by atoms with van der Waals surface area (Å²) >= 11 is 12.1. The molecule has 5 heteroatoms. The van der Waals surface area contributed by atoms with E-state index in [-0.39, 0.29) is 0 Å². The highest BCUT2D eigenvalue weighted by Gasteiger charge is 2.21. The molecule has 0 unspecified atom stereocenters. The molecule has 0 saturated carbocycles. The Labute approximate surface area is 143 Å². The molecule has 0 spiro atoms. The SMILES string of the molecule is C[C@@H]1C[C@H](C)CN(CCOCCOc2c(Cl)cccc2Cl)C1. The monoisotopic (exact) mass is 345 g/mol. The van der Waals surface area contributed by atoms with Gasteiger partial charge in [-0.25, -0.2) is 0 Å². The van der Waals surface area contributed by atoms with Gasteiger partial charge in [0.05, 0.1) is 23.3 Å². The van der Waals surface area contributed by atoms with E-state index < -0.39 is 0 Å². The highest BCUT2D eigenvalue weighted by Crippen LogP contribution is 2.32. The fraction of sp³-hybridized carbons (Fsp3) is 0.647. The standard InChI is InChI=1S/C17H25Cl2NO2/c1-13-10-14(2)12-20(11-13)6-7-21-8-9-22-17-15(18)4-3-5-16(17)19/h3-5,13-14H,6-12H2,1-2H3/t13-,14+. The number of likely N-dealkylation sites (tertiary alicyclic amines) is 1. The van der Waals surface area contributed by atoms with E-state index in [0.29, 0.717) is 29.0 Å². The number of para-hydroxylation sites is 1. The Kier molecular flexibility index (Phi) is 7.29. The van der Waals surface area contributed by atoms with Crippen LogP contribution in [-0.4, -0.2) is 44.4 Å². The second-order valence-electron chi connectivity index (χ2n) is 6.22. The van der Waals surface area contributed by atoms with E-state index in [1.165, 1.54) is 19.5 Å². The van der Waals surface area contributed by atoms with E-state index in [0.717, 1.165) is 25.0 Å². The average molecular weight is 346 g/mol. The van der Waals surface area contributed by atoms with Gasteiger partial charge in [0.2, 0.25) is 0 Å². The van der Waals surface area contributed by atoms with Crippen molar-refractivity contribution in [1.29, 1.82) is 0 Å². The minimum Gasteiger partial charge on any atom is -0.488 e. The Morgan fingerprint density at radius 3 is 2.32 bits per heavy atom. The number of hydrogen-bond donors (Lipinski definition) is 0. The maximum atomic E-state index is 6.04. The Morgan fingerprint density at radius 2 is 1.68 bits per heavy atom. The zero-order chi connectivity index (χ0) is 15.9. The van der Waals surface area contributed by atoms with Crippen molar-refractivity contribution in [1.82, 2.24) is 4.90 Å². The smallest absolute Gasteiger partial charge is 0.156 e. The number of piperidine rings is 1. The molecule has 1 aromatic rings. The van der Waals surface area contributed by atoms with Crippen LogP contribution in [-0.2, 0) is 4.74 Å². The molecule has 1 aromatic carbocycles. The summed E-state index contributed by atoms with van der Waals surface area (Å²) in [6.45, 7) is 9.73. The van der Waals surface area contributed by atoms with Crippen LogP contribution in [0.4, 0.5) is 0 Å². The van der Waals surface area contributed by atoms with Gasteiger partial charge in [-0.05, 0) is 30.4 Å². The normalized spacial score (nSPS) is 22.7. The number of nitrogens with zero attached hydrogens (tertiary/aromatic N) is 1. The largest absolute Gasteiger partial charge is 0.488 e. The van der Waals surface area contributed by atoms with Crippen LogP contribution in [0.5, 0.6) is 5.75 Å². The second-order valence-corrected chi connectivity index (χ2v) is 7.03. The summed E-state index contributed by atoms with van der Waals surface area (Å²) in [5.74, 6) is 2.11. The fourth-order valence-electron chi connectivity index (χ4n) is 3.09. The van der Waals surface area contributed by atoms with Crippen LogP contribution in [0.25, 0.3) is 0 Å². The van der Waals surface area contributed by atoms with Gasteiger partial charge in [-0.2, -0.15) is 0 Å². The van der Waals surface area contributed by atoms with E-state index in [2.05, 4.69) is 18.7 Å². The first-order valence-electron chi connectivity index (χ1n) is 7.93. The highest BCUT2D eigenvalue weighted by atomic mass is 35.5. The molecule has 1 aliphatic rings. The van der Waals surface area contributed by atoms with Crippen LogP contribution < -0.4 is 4.74 Å². The van der Waals surface area contributed by atoms with E-state index in [1.54, 1.807) is 18.2 Å². The van der Waals surface area contributed by atoms with Crippen LogP contribution in [0.15, 0.2) is 18.2 Å². The quantitative estimate of drug-likeness (QED) is 0.685. The first-order chi connectivity index (χ1) is 10.6. The molecule has 0 amide bonds. The summed E-state index contributed by atoms with van der Waals surface area (Å²) in [6.07, 6.45) is 1.34. The molecular weight excluding hydrogens is 321 g/mol. The molecule has 1 saturated heterocycles. The van der Waals surface area contributed by atoms with Crippen molar-refractivity contribution in [3.63, 3.8) is 0 Å². The van der Waals surface area contributed by atoms with Gasteiger partial charge < -0.3 is 14.4 Å². The van der Waals surface area contributed by atoms with Gasteiger partial charge in [0.15, 0.2) is 5.75 Å². The number of benzene rings is 1. The van der Waals surface area contributed by atoms with Gasteiger partial charge in [0, 0.05) is 19.6 Å². The maximum absolute atomic E-state index is 6.04. The number of hydrogen-bond acceptors (Lipinski definition) is 3. The van der Waals surface area contributed by atoms with E-state index in [4.69, 9.17) is 32.7 Å². The Morgan fingerprint density at radius 1 is 1.05 bits per heavy atom. The van der Waals surface area contributed by atoms with Gasteiger partial charge in [-0.1, -0.05) is 43.1 Å². The molecule has 1 fully saturated rings. The number of ether oxygens (including phenoxy) is 2. The molecule has 0 aromatic heterocycles. The number of rotatable bonds is 7. The van der Waals surface area contributed by atoms with Crippen molar-refractivity contribution in [2.75, 3.05) is 39.5 Å². The number of halogens is 2. The molecule has 0 bridgehead atoms. The summed E-state index contributed by atoms with van der Waals surface area (Å²) in [5, 5.41) is 1.06. The van der Waals surface area contributed by atoms with Gasteiger partial charge >= 0.3 is 0 Å². The van der Waals surface area contributed by atoms with Crippen molar-refractivity contribution in [3.8, 4) is 5.75 Å². The topological polar surface area (TPSA) is 21.7 Å². The zero-order valence-electron chi connectivity index (χ0n) is 13.4. The van der Waals surface area contributed by atoms with Crippen LogP contribution in [0.3, 0.4) is 0 Å². The van der Waals surface area contributed by atoms with Gasteiger partial charge in [0.25, 0.3) is 0 Å².